The van der Waals surface area contributed by atoms with Gasteiger partial charge in [-0.05, 0) is 0 Å². The van der Waals surface area contributed by atoms with Crippen LogP contribution in [0.3, 0.4) is 0 Å². The molecule has 9 heavy (non-hydrogen) atoms. The Bertz CT molecular complexity index is 169. The van der Waals surface area contributed by atoms with Gasteiger partial charge >= 0.3 is 66.5 Å². The summed E-state index contributed by atoms with van der Waals surface area (Å²) in [6.07, 6.45) is 10.3. The molecule has 0 saturated heterocycles. The van der Waals surface area contributed by atoms with Gasteiger partial charge in [-0.3, -0.25) is 0 Å². The molecule has 0 nitrogen and oxygen atoms in total. The number of allylic oxidation sites excluding steroid dienone is 4. The Morgan fingerprint density at radius 2 is 2.11 bits per heavy atom. The number of hydrogen-bond donors (Lipinski definition) is 0. The maximum atomic E-state index is 5.86. The van der Waals surface area contributed by atoms with E-state index < -0.39 is 0 Å². The second-order valence-corrected chi connectivity index (χ2v) is 5.11. The first kappa shape index (κ1) is 6.13. The van der Waals surface area contributed by atoms with Gasteiger partial charge in [0.15, 0.2) is 0 Å². The average molecular weight is 229 g/mol. The molecule has 2 bridgehead atoms. The van der Waals surface area contributed by atoms with E-state index in [0.29, 0.717) is 9.93 Å². The molecule has 2 aliphatic rings. The number of halogens is 1. The minimum absolute atomic E-state index is 0.181. The van der Waals surface area contributed by atoms with Gasteiger partial charge in [0.2, 0.25) is 0 Å². The first-order valence-electron chi connectivity index (χ1n) is 2.97. The summed E-state index contributed by atoms with van der Waals surface area (Å²) in [6.45, 7) is 0. The van der Waals surface area contributed by atoms with Crippen molar-refractivity contribution in [2.75, 3.05) is 0 Å². The topological polar surface area (TPSA) is 0 Å². The van der Waals surface area contributed by atoms with Crippen molar-refractivity contribution in [2.24, 2.45) is 5.92 Å². The van der Waals surface area contributed by atoms with Crippen molar-refractivity contribution in [2.45, 2.75) is 10.4 Å². The minimum atomic E-state index is 0.181. The third kappa shape index (κ3) is 0.825. The van der Waals surface area contributed by atoms with Gasteiger partial charge in [-0.25, -0.2) is 0 Å². The van der Waals surface area contributed by atoms with E-state index in [-0.39, 0.29) is 16.1 Å². The number of fused-ring (bicyclic) bond motifs is 2. The quantitative estimate of drug-likeness (QED) is 0.479. The van der Waals surface area contributed by atoms with Crippen molar-refractivity contribution in [1.29, 1.82) is 0 Å². The van der Waals surface area contributed by atoms with E-state index in [1.165, 1.54) is 6.42 Å². The van der Waals surface area contributed by atoms with Gasteiger partial charge in [0.1, 0.15) is 0 Å². The van der Waals surface area contributed by atoms with Crippen molar-refractivity contribution in [3.63, 3.8) is 0 Å². The zero-order chi connectivity index (χ0) is 6.32. The van der Waals surface area contributed by atoms with E-state index in [1.54, 1.807) is 0 Å². The molecule has 0 atom stereocenters. The molecule has 0 aromatic carbocycles. The second kappa shape index (κ2) is 1.94. The third-order valence-corrected chi connectivity index (χ3v) is 4.73. The van der Waals surface area contributed by atoms with Crippen LogP contribution in [0.15, 0.2) is 24.3 Å². The zero-order valence-corrected chi connectivity index (χ0v) is 7.20. The van der Waals surface area contributed by atoms with Gasteiger partial charge < -0.3 is 0 Å². The fourth-order valence-electron chi connectivity index (χ4n) is 1.37. The monoisotopic (exact) mass is 229 g/mol. The molecule has 0 aromatic rings. The Hall–Kier alpha value is 0.393. The molecule has 2 aliphatic carbocycles. The summed E-state index contributed by atoms with van der Waals surface area (Å²) >= 11 is 0.181. The summed E-state index contributed by atoms with van der Waals surface area (Å²) in [5, 5.41) is 0. The van der Waals surface area contributed by atoms with Crippen molar-refractivity contribution in [1.82, 2.24) is 0 Å². The molecule has 51 valence electrons. The van der Waals surface area contributed by atoms with Crippen LogP contribution in [0.5, 0.6) is 0 Å². The molecule has 0 heterocycles. The van der Waals surface area contributed by atoms with E-state index in [2.05, 4.69) is 24.3 Å². The summed E-state index contributed by atoms with van der Waals surface area (Å²) in [5.41, 5.74) is 0. The molecule has 0 saturated carbocycles. The van der Waals surface area contributed by atoms with Crippen LogP contribution in [0, 0.1) is 5.92 Å². The van der Waals surface area contributed by atoms with Crippen LogP contribution in [0.4, 0.5) is 0 Å². The van der Waals surface area contributed by atoms with E-state index >= 15 is 0 Å². The van der Waals surface area contributed by atoms with Gasteiger partial charge in [-0.2, -0.15) is 0 Å². The van der Waals surface area contributed by atoms with Gasteiger partial charge in [0.25, 0.3) is 0 Å². The molecule has 0 fully saturated rings. The van der Waals surface area contributed by atoms with Crippen LogP contribution in [0.1, 0.15) is 6.42 Å². The zero-order valence-electron chi connectivity index (χ0n) is 4.81. The molecule has 0 aromatic heterocycles. The number of hydrogen-bond acceptors (Lipinski definition) is 0. The molecule has 0 unspecified atom stereocenters. The second-order valence-electron chi connectivity index (χ2n) is 2.53. The number of rotatable bonds is 1. The van der Waals surface area contributed by atoms with Gasteiger partial charge in [0.05, 0.1) is 0 Å². The summed E-state index contributed by atoms with van der Waals surface area (Å²) in [5.74, 6) is 0.715. The van der Waals surface area contributed by atoms with Crippen molar-refractivity contribution in [3.8, 4) is 0 Å². The maximum absolute atomic E-state index is 5.86. The van der Waals surface area contributed by atoms with Crippen LogP contribution < -0.4 is 0 Å². The Kier molecular flexibility index (Phi) is 1.32. The molecule has 0 aliphatic heterocycles. The normalized spacial score (nSPS) is 45.2. The molecule has 0 radical (unpaired) electrons. The summed E-state index contributed by atoms with van der Waals surface area (Å²) in [4.78, 5) is 0. The Balaban J connectivity index is 2.32. The first-order chi connectivity index (χ1) is 4.35. The van der Waals surface area contributed by atoms with E-state index in [0.717, 1.165) is 0 Å². The molecule has 0 amide bonds. The predicted molar refractivity (Wildman–Crippen MR) is 34.9 cm³/mol. The fourth-order valence-corrected chi connectivity index (χ4v) is 3.20. The van der Waals surface area contributed by atoms with Crippen molar-refractivity contribution < 1.29 is 16.1 Å². The Morgan fingerprint density at radius 1 is 1.44 bits per heavy atom. The molecule has 0 N–H and O–H groups in total. The van der Waals surface area contributed by atoms with Gasteiger partial charge in [-0.1, -0.05) is 0 Å². The average Bonchev–Trinajstić information content (AvgIpc) is 2.46. The predicted octanol–water partition coefficient (Wildman–Crippen LogP) is 2.53. The molecule has 0 spiro atoms. The van der Waals surface area contributed by atoms with Crippen LogP contribution in [-0.4, -0.2) is 0 Å². The third-order valence-electron chi connectivity index (χ3n) is 1.88. The van der Waals surface area contributed by atoms with E-state index in [9.17, 15) is 0 Å². The molecule has 2 heteroatoms. The standard InChI is InChI=1S/C7H7.ClH.Rh/c1-2-7-4-3-6(1)5-7;;/h1-4,6H,5H2;1H;/q;;+1/p-1. The fraction of sp³-hybridized carbons (Fsp3) is 0.429. The Labute approximate surface area is 66.6 Å². The molecular formula is C7H7ClRh. The first-order valence-corrected chi connectivity index (χ1v) is 5.89. The van der Waals surface area contributed by atoms with Gasteiger partial charge in [0, 0.05) is 0 Å². The Morgan fingerprint density at radius 3 is 2.33 bits per heavy atom. The van der Waals surface area contributed by atoms with Crippen LogP contribution in [0.25, 0.3) is 0 Å². The molecular weight excluding hydrogens is 222 g/mol. The van der Waals surface area contributed by atoms with Gasteiger partial charge in [-0.15, -0.1) is 0 Å². The summed E-state index contributed by atoms with van der Waals surface area (Å²) in [6, 6.07) is 0. The molecule has 2 rings (SSSR count). The summed E-state index contributed by atoms with van der Waals surface area (Å²) < 4.78 is 0.326. The SMILES string of the molecule is [Cl][Rh][C]12C=CC(C=C1)C2. The van der Waals surface area contributed by atoms with Crippen molar-refractivity contribution in [3.05, 3.63) is 24.3 Å². The van der Waals surface area contributed by atoms with Crippen LogP contribution in [-0.2, 0) is 16.1 Å². The van der Waals surface area contributed by atoms with E-state index in [1.807, 2.05) is 0 Å². The van der Waals surface area contributed by atoms with Crippen molar-refractivity contribution >= 4 is 9.69 Å². The van der Waals surface area contributed by atoms with Crippen LogP contribution >= 0.6 is 9.69 Å². The van der Waals surface area contributed by atoms with E-state index in [4.69, 9.17) is 9.69 Å². The summed E-state index contributed by atoms with van der Waals surface area (Å²) in [7, 11) is 5.86. The van der Waals surface area contributed by atoms with Crippen LogP contribution in [0.2, 0.25) is 4.01 Å².